The molecule has 20 heavy (non-hydrogen) atoms. The number of nitrogens with one attached hydrogen (secondary N) is 1. The Hall–Kier alpha value is -0.790. The van der Waals surface area contributed by atoms with Crippen LogP contribution in [0.4, 0.5) is 0 Å². The van der Waals surface area contributed by atoms with Crippen molar-refractivity contribution in [3.05, 3.63) is 18.0 Å². The summed E-state index contributed by atoms with van der Waals surface area (Å²) in [5, 5.41) is 7.25. The molecule has 5 nitrogen and oxygen atoms in total. The Morgan fingerprint density at radius 1 is 1.30 bits per heavy atom. The third-order valence-corrected chi connectivity index (χ3v) is 3.17. The monoisotopic (exact) mass is 393 g/mol. The summed E-state index contributed by atoms with van der Waals surface area (Å²) in [6.07, 6.45) is 9.51. The van der Waals surface area contributed by atoms with Crippen LogP contribution < -0.4 is 11.1 Å². The minimum atomic E-state index is 0. The molecule has 0 bridgehead atoms. The molecule has 0 radical (unpaired) electrons. The van der Waals surface area contributed by atoms with Crippen LogP contribution in [0.2, 0.25) is 0 Å². The molecule has 0 fully saturated rings. The summed E-state index contributed by atoms with van der Waals surface area (Å²) in [5.74, 6) is 0.523. The number of hydrogen-bond donors (Lipinski definition) is 2. The third-order valence-electron chi connectivity index (χ3n) is 3.17. The standard InChI is InChI=1S/C14H27N5.HI/c1-3-4-5-6-7-8-10-16-14(15)17-12-13-9-11-18-19(13)2;/h9,11H,3-8,10,12H2,1-2H3,(H3,15,16,17);1H. The molecule has 0 aliphatic carbocycles. The molecule has 0 aliphatic rings. The number of aliphatic imine (C=N–C) groups is 1. The molecule has 1 aromatic rings. The minimum absolute atomic E-state index is 0. The van der Waals surface area contributed by atoms with E-state index in [9.17, 15) is 0 Å². The SMILES string of the molecule is CCCCCCCCNC(N)=NCc1ccnn1C.I. The van der Waals surface area contributed by atoms with Crippen molar-refractivity contribution in [3.63, 3.8) is 0 Å². The quantitative estimate of drug-likeness (QED) is 0.293. The van der Waals surface area contributed by atoms with Gasteiger partial charge >= 0.3 is 0 Å². The molecule has 1 rings (SSSR count). The fraction of sp³-hybridized carbons (Fsp3) is 0.714. The van der Waals surface area contributed by atoms with Gasteiger partial charge < -0.3 is 11.1 Å². The number of aromatic nitrogens is 2. The van der Waals surface area contributed by atoms with E-state index < -0.39 is 0 Å². The van der Waals surface area contributed by atoms with Crippen molar-refractivity contribution in [2.24, 2.45) is 17.8 Å². The van der Waals surface area contributed by atoms with Gasteiger partial charge in [0, 0.05) is 19.8 Å². The maximum atomic E-state index is 5.81. The molecular formula is C14H28IN5. The van der Waals surface area contributed by atoms with Crippen LogP contribution in [0.5, 0.6) is 0 Å². The van der Waals surface area contributed by atoms with Crippen LogP contribution in [0.1, 0.15) is 51.1 Å². The van der Waals surface area contributed by atoms with E-state index in [1.807, 2.05) is 17.8 Å². The lowest BCUT2D eigenvalue weighted by Crippen LogP contribution is -2.32. The van der Waals surface area contributed by atoms with Gasteiger partial charge in [0.05, 0.1) is 12.2 Å². The highest BCUT2D eigenvalue weighted by atomic mass is 127. The first kappa shape index (κ1) is 19.2. The molecule has 0 saturated heterocycles. The van der Waals surface area contributed by atoms with Gasteiger partial charge in [-0.05, 0) is 12.5 Å². The maximum Gasteiger partial charge on any atom is 0.188 e. The van der Waals surface area contributed by atoms with Crippen molar-refractivity contribution in [2.45, 2.75) is 52.0 Å². The van der Waals surface area contributed by atoms with Crippen LogP contribution in [0.3, 0.4) is 0 Å². The van der Waals surface area contributed by atoms with Crippen LogP contribution >= 0.6 is 24.0 Å². The number of nitrogens with zero attached hydrogens (tertiary/aromatic N) is 3. The number of halogens is 1. The fourth-order valence-electron chi connectivity index (χ4n) is 1.90. The first-order valence-corrected chi connectivity index (χ1v) is 7.24. The zero-order valence-corrected chi connectivity index (χ0v) is 15.0. The fourth-order valence-corrected chi connectivity index (χ4v) is 1.90. The highest BCUT2D eigenvalue weighted by Crippen LogP contribution is 2.04. The van der Waals surface area contributed by atoms with Crippen LogP contribution in [0.25, 0.3) is 0 Å². The second-order valence-electron chi connectivity index (χ2n) is 4.84. The number of rotatable bonds is 9. The first-order valence-electron chi connectivity index (χ1n) is 7.24. The maximum absolute atomic E-state index is 5.81. The van der Waals surface area contributed by atoms with Gasteiger partial charge in [-0.1, -0.05) is 39.0 Å². The number of unbranched alkanes of at least 4 members (excludes halogenated alkanes) is 5. The molecule has 0 saturated carbocycles. The van der Waals surface area contributed by atoms with Crippen LogP contribution in [0, 0.1) is 0 Å². The summed E-state index contributed by atoms with van der Waals surface area (Å²) in [7, 11) is 1.91. The van der Waals surface area contributed by atoms with Gasteiger partial charge in [0.25, 0.3) is 0 Å². The Bertz CT molecular complexity index is 375. The number of aryl methyl sites for hydroxylation is 1. The summed E-state index contributed by atoms with van der Waals surface area (Å²) in [6, 6.07) is 1.95. The topological polar surface area (TPSA) is 68.2 Å². The Kier molecular flexibility index (Phi) is 11.5. The van der Waals surface area contributed by atoms with Gasteiger partial charge in [0.2, 0.25) is 0 Å². The highest BCUT2D eigenvalue weighted by Gasteiger charge is 1.97. The van der Waals surface area contributed by atoms with Gasteiger partial charge in [0.15, 0.2) is 5.96 Å². The van der Waals surface area contributed by atoms with Crippen molar-refractivity contribution in [1.82, 2.24) is 15.1 Å². The summed E-state index contributed by atoms with van der Waals surface area (Å²) < 4.78 is 1.81. The van der Waals surface area contributed by atoms with E-state index in [2.05, 4.69) is 22.3 Å². The van der Waals surface area contributed by atoms with E-state index >= 15 is 0 Å². The Morgan fingerprint density at radius 2 is 2.00 bits per heavy atom. The highest BCUT2D eigenvalue weighted by molar-refractivity contribution is 14.0. The molecule has 0 aliphatic heterocycles. The normalized spacial score (nSPS) is 11.2. The van der Waals surface area contributed by atoms with E-state index in [4.69, 9.17) is 5.73 Å². The van der Waals surface area contributed by atoms with Crippen LogP contribution in [0.15, 0.2) is 17.3 Å². The number of hydrogen-bond acceptors (Lipinski definition) is 2. The second kappa shape index (κ2) is 12.0. The van der Waals surface area contributed by atoms with Gasteiger partial charge in [-0.3, -0.25) is 4.68 Å². The minimum Gasteiger partial charge on any atom is -0.370 e. The Labute approximate surface area is 139 Å². The lowest BCUT2D eigenvalue weighted by Gasteiger charge is -2.05. The van der Waals surface area contributed by atoms with E-state index in [0.29, 0.717) is 12.5 Å². The average molecular weight is 393 g/mol. The smallest absolute Gasteiger partial charge is 0.188 e. The predicted molar refractivity (Wildman–Crippen MR) is 95.3 cm³/mol. The lowest BCUT2D eigenvalue weighted by molar-refractivity contribution is 0.601. The number of guanidine groups is 1. The largest absolute Gasteiger partial charge is 0.370 e. The van der Waals surface area contributed by atoms with E-state index in [1.54, 1.807) is 6.20 Å². The molecule has 6 heteroatoms. The molecule has 0 atom stereocenters. The van der Waals surface area contributed by atoms with Crippen molar-refractivity contribution < 1.29 is 0 Å². The zero-order valence-electron chi connectivity index (χ0n) is 12.6. The molecule has 0 aromatic carbocycles. The van der Waals surface area contributed by atoms with E-state index in [1.165, 1.54) is 32.1 Å². The zero-order chi connectivity index (χ0) is 13.9. The molecule has 0 amide bonds. The molecule has 1 heterocycles. The van der Waals surface area contributed by atoms with E-state index in [-0.39, 0.29) is 24.0 Å². The summed E-state index contributed by atoms with van der Waals surface area (Å²) >= 11 is 0. The lowest BCUT2D eigenvalue weighted by atomic mass is 10.1. The molecule has 0 unspecified atom stereocenters. The Morgan fingerprint density at radius 3 is 2.65 bits per heavy atom. The van der Waals surface area contributed by atoms with Crippen LogP contribution in [-0.4, -0.2) is 22.3 Å². The molecular weight excluding hydrogens is 365 g/mol. The van der Waals surface area contributed by atoms with Crippen molar-refractivity contribution in [3.8, 4) is 0 Å². The third kappa shape index (κ3) is 8.39. The van der Waals surface area contributed by atoms with Crippen molar-refractivity contribution in [2.75, 3.05) is 6.54 Å². The molecule has 0 spiro atoms. The van der Waals surface area contributed by atoms with Gasteiger partial charge in [0.1, 0.15) is 0 Å². The van der Waals surface area contributed by atoms with Gasteiger partial charge in [-0.25, -0.2) is 4.99 Å². The summed E-state index contributed by atoms with van der Waals surface area (Å²) in [6.45, 7) is 3.72. The van der Waals surface area contributed by atoms with Crippen molar-refractivity contribution in [1.29, 1.82) is 0 Å². The average Bonchev–Trinajstić information content (AvgIpc) is 2.81. The molecule has 3 N–H and O–H groups in total. The first-order chi connectivity index (χ1) is 9.24. The Balaban J connectivity index is 0.00000361. The van der Waals surface area contributed by atoms with Crippen LogP contribution in [-0.2, 0) is 13.6 Å². The number of nitrogens with two attached hydrogens (primary N) is 1. The van der Waals surface area contributed by atoms with Gasteiger partial charge in [-0.2, -0.15) is 5.10 Å². The van der Waals surface area contributed by atoms with E-state index in [0.717, 1.165) is 18.7 Å². The molecule has 1 aromatic heterocycles. The predicted octanol–water partition coefficient (Wildman–Crippen LogP) is 2.80. The van der Waals surface area contributed by atoms with Gasteiger partial charge in [-0.15, -0.1) is 24.0 Å². The summed E-state index contributed by atoms with van der Waals surface area (Å²) in [4.78, 5) is 4.30. The van der Waals surface area contributed by atoms with Crippen molar-refractivity contribution >= 4 is 29.9 Å². The summed E-state index contributed by atoms with van der Waals surface area (Å²) in [5.41, 5.74) is 6.87. The molecule has 116 valence electrons. The second-order valence-corrected chi connectivity index (χ2v) is 4.84.